The Morgan fingerprint density at radius 3 is 2.96 bits per heavy atom. The molecule has 5 nitrogen and oxygen atoms in total. The van der Waals surface area contributed by atoms with Gasteiger partial charge in [-0.05, 0) is 19.4 Å². The summed E-state index contributed by atoms with van der Waals surface area (Å²) in [5, 5.41) is 16.0. The van der Waals surface area contributed by atoms with Crippen LogP contribution in [0, 0.1) is 18.7 Å². The van der Waals surface area contributed by atoms with Crippen molar-refractivity contribution in [2.45, 2.75) is 32.3 Å². The summed E-state index contributed by atoms with van der Waals surface area (Å²) in [4.78, 5) is 4.92. The Morgan fingerprint density at radius 1 is 1.40 bits per heavy atom. The van der Waals surface area contributed by atoms with Gasteiger partial charge in [0.05, 0.1) is 23.2 Å². The molecule has 3 atom stereocenters. The number of pyridine rings is 1. The highest BCUT2D eigenvalue weighted by molar-refractivity contribution is 7.80. The number of rotatable bonds is 2. The van der Waals surface area contributed by atoms with Crippen molar-refractivity contribution in [2.24, 2.45) is 5.92 Å². The maximum atomic E-state index is 14.1. The molecule has 1 aromatic carbocycles. The molecule has 3 unspecified atom stereocenters. The van der Waals surface area contributed by atoms with Crippen LogP contribution in [-0.2, 0) is 13.0 Å². The number of ether oxygens (including phenoxy) is 1. The second-order valence-corrected chi connectivity index (χ2v) is 6.75. The second-order valence-electron chi connectivity index (χ2n) is 6.31. The quantitative estimate of drug-likeness (QED) is 0.714. The third kappa shape index (κ3) is 2.78. The van der Waals surface area contributed by atoms with Crippen LogP contribution in [-0.4, -0.2) is 21.3 Å². The van der Waals surface area contributed by atoms with Crippen LogP contribution in [0.3, 0.4) is 0 Å². The van der Waals surface area contributed by atoms with Gasteiger partial charge in [-0.1, -0.05) is 30.4 Å². The lowest BCUT2D eigenvalue weighted by Gasteiger charge is -2.42. The van der Waals surface area contributed by atoms with E-state index < -0.39 is 6.17 Å². The molecule has 0 amide bonds. The van der Waals surface area contributed by atoms with Gasteiger partial charge in [-0.15, -0.1) is 0 Å². The molecule has 2 aliphatic rings. The molecule has 2 aliphatic heterocycles. The van der Waals surface area contributed by atoms with Crippen molar-refractivity contribution in [2.75, 3.05) is 0 Å². The van der Waals surface area contributed by atoms with Gasteiger partial charge in [0.1, 0.15) is 17.7 Å². The molecule has 4 rings (SSSR count). The van der Waals surface area contributed by atoms with Gasteiger partial charge >= 0.3 is 0 Å². The molecular weight excluding hydrogens is 341 g/mol. The fourth-order valence-electron chi connectivity index (χ4n) is 3.44. The Balaban J connectivity index is 1.68. The Labute approximate surface area is 150 Å². The van der Waals surface area contributed by atoms with Crippen LogP contribution in [0.15, 0.2) is 30.5 Å². The van der Waals surface area contributed by atoms with Crippen molar-refractivity contribution in [3.8, 4) is 5.75 Å². The summed E-state index contributed by atoms with van der Waals surface area (Å²) in [6, 6.07) is 6.58. The first kappa shape index (κ1) is 16.4. The first-order valence-corrected chi connectivity index (χ1v) is 8.55. The number of thiocarbonyl (C=S) groups is 1. The Hall–Kier alpha value is -2.09. The zero-order chi connectivity index (χ0) is 17.6. The summed E-state index contributed by atoms with van der Waals surface area (Å²) in [5.74, 6) is 0.292. The monoisotopic (exact) mass is 359 g/mol. The molecule has 3 heterocycles. The maximum Gasteiger partial charge on any atom is 0.161 e. The van der Waals surface area contributed by atoms with Gasteiger partial charge in [-0.2, -0.15) is 0 Å². The topological polar surface area (TPSA) is 66.4 Å². The van der Waals surface area contributed by atoms with Gasteiger partial charge < -0.3 is 15.2 Å². The fourth-order valence-corrected chi connectivity index (χ4v) is 3.77. The number of fused-ring (bicyclic) bond motifs is 2. The largest absolute Gasteiger partial charge is 0.472 e. The summed E-state index contributed by atoms with van der Waals surface area (Å²) in [6.45, 7) is 1.77. The van der Waals surface area contributed by atoms with Crippen molar-refractivity contribution >= 4 is 17.2 Å². The highest BCUT2D eigenvalue weighted by Gasteiger charge is 2.41. The molecule has 1 fully saturated rings. The van der Waals surface area contributed by atoms with E-state index >= 15 is 0 Å². The summed E-state index contributed by atoms with van der Waals surface area (Å²) < 4.78 is 20.3. The summed E-state index contributed by atoms with van der Waals surface area (Å²) in [7, 11) is 0. The van der Waals surface area contributed by atoms with Crippen LogP contribution in [0.5, 0.6) is 5.75 Å². The number of aliphatic hydroxyl groups is 1. The molecule has 2 aromatic rings. The number of aryl methyl sites for hydroxylation is 1. The summed E-state index contributed by atoms with van der Waals surface area (Å²) in [5.41, 5.74) is 2.95. The number of aromatic nitrogens is 1. The molecular formula is C18H18FN3O2S. The lowest BCUT2D eigenvalue weighted by molar-refractivity contribution is 0.0775. The smallest absolute Gasteiger partial charge is 0.161 e. The van der Waals surface area contributed by atoms with E-state index in [1.54, 1.807) is 24.4 Å². The van der Waals surface area contributed by atoms with E-state index in [-0.39, 0.29) is 24.6 Å². The molecule has 1 saturated heterocycles. The van der Waals surface area contributed by atoms with Crippen molar-refractivity contribution in [3.05, 3.63) is 58.7 Å². The van der Waals surface area contributed by atoms with Gasteiger partial charge in [-0.25, -0.2) is 4.39 Å². The predicted molar refractivity (Wildman–Crippen MR) is 94.5 cm³/mol. The Bertz CT molecular complexity index is 845. The van der Waals surface area contributed by atoms with Crippen LogP contribution in [0.4, 0.5) is 4.39 Å². The van der Waals surface area contributed by atoms with Crippen LogP contribution in [0.2, 0.25) is 0 Å². The van der Waals surface area contributed by atoms with E-state index in [0.717, 1.165) is 16.8 Å². The molecule has 0 radical (unpaired) electrons. The lowest BCUT2D eigenvalue weighted by atomic mass is 9.89. The molecule has 0 saturated carbocycles. The predicted octanol–water partition coefficient (Wildman–Crippen LogP) is 2.12. The fraction of sp³-hybridized carbons (Fsp3) is 0.333. The van der Waals surface area contributed by atoms with E-state index in [2.05, 4.69) is 15.6 Å². The average molecular weight is 359 g/mol. The van der Waals surface area contributed by atoms with Crippen LogP contribution < -0.4 is 15.4 Å². The number of aliphatic hydroxyl groups excluding tert-OH is 1. The molecule has 0 spiro atoms. The molecule has 0 bridgehead atoms. The van der Waals surface area contributed by atoms with Gasteiger partial charge in [0.25, 0.3) is 0 Å². The Morgan fingerprint density at radius 2 is 2.20 bits per heavy atom. The number of hydrogen-bond donors (Lipinski definition) is 3. The lowest BCUT2D eigenvalue weighted by Crippen LogP contribution is -2.60. The van der Waals surface area contributed by atoms with Crippen LogP contribution in [0.1, 0.15) is 28.6 Å². The van der Waals surface area contributed by atoms with Crippen molar-refractivity contribution in [1.29, 1.82) is 0 Å². The highest BCUT2D eigenvalue weighted by atomic mass is 32.1. The molecule has 7 heteroatoms. The molecule has 1 aromatic heterocycles. The van der Waals surface area contributed by atoms with Crippen LogP contribution in [0.25, 0.3) is 0 Å². The van der Waals surface area contributed by atoms with Crippen molar-refractivity contribution in [1.82, 2.24) is 15.6 Å². The van der Waals surface area contributed by atoms with Crippen LogP contribution >= 0.6 is 12.2 Å². The minimum Gasteiger partial charge on any atom is -0.472 e. The number of nitrogens with one attached hydrogen (secondary N) is 2. The number of benzene rings is 1. The minimum atomic E-state index is -0.453. The normalized spacial score (nSPS) is 24.8. The molecule has 0 aliphatic carbocycles. The zero-order valence-corrected chi connectivity index (χ0v) is 14.4. The first-order chi connectivity index (χ1) is 12.1. The van der Waals surface area contributed by atoms with E-state index in [1.165, 1.54) is 6.07 Å². The van der Waals surface area contributed by atoms with Gasteiger partial charge in [0, 0.05) is 22.9 Å². The Kier molecular flexibility index (Phi) is 4.15. The van der Waals surface area contributed by atoms with Crippen molar-refractivity contribution < 1.29 is 14.2 Å². The number of nitrogens with zero attached hydrogens (tertiary/aromatic N) is 1. The standard InChI is InChI=1S/C18H18FN3O2S/c1-9-15-12(10(8-23)7-20-9)6-13-17(24-15)21-16(22-18(13)25)11-4-2-3-5-14(11)19/h2-5,7,13,16-17,21,23H,6,8H2,1H3,(H,22,25). The van der Waals surface area contributed by atoms with E-state index in [1.807, 2.05) is 6.92 Å². The van der Waals surface area contributed by atoms with E-state index in [0.29, 0.717) is 22.7 Å². The molecule has 130 valence electrons. The third-order valence-electron chi connectivity index (χ3n) is 4.78. The zero-order valence-electron chi connectivity index (χ0n) is 13.6. The SMILES string of the molecule is Cc1ncc(CO)c2c1OC1NC(c3ccccc3F)NC(=S)C1C2. The maximum absolute atomic E-state index is 14.1. The molecule has 25 heavy (non-hydrogen) atoms. The van der Waals surface area contributed by atoms with Gasteiger partial charge in [-0.3, -0.25) is 10.3 Å². The summed E-state index contributed by atoms with van der Waals surface area (Å²) in [6.07, 6.45) is 1.49. The van der Waals surface area contributed by atoms with E-state index in [4.69, 9.17) is 17.0 Å². The average Bonchev–Trinajstić information content (AvgIpc) is 2.61. The number of halogens is 1. The first-order valence-electron chi connectivity index (χ1n) is 8.14. The van der Waals surface area contributed by atoms with Gasteiger partial charge in [0.15, 0.2) is 6.23 Å². The molecule has 3 N–H and O–H groups in total. The highest BCUT2D eigenvalue weighted by Crippen LogP contribution is 2.37. The third-order valence-corrected chi connectivity index (χ3v) is 5.20. The second kappa shape index (κ2) is 6.33. The number of hydrogen-bond acceptors (Lipinski definition) is 5. The van der Waals surface area contributed by atoms with E-state index in [9.17, 15) is 9.50 Å². The summed E-state index contributed by atoms with van der Waals surface area (Å²) >= 11 is 5.53. The van der Waals surface area contributed by atoms with Gasteiger partial charge in [0.2, 0.25) is 0 Å². The minimum absolute atomic E-state index is 0.0855. The van der Waals surface area contributed by atoms with Crippen molar-refractivity contribution in [3.63, 3.8) is 0 Å².